The number of aliphatic hydroxyl groups excluding tert-OH is 1. The first-order valence-corrected chi connectivity index (χ1v) is 7.67. The van der Waals surface area contributed by atoms with E-state index in [0.717, 1.165) is 44.9 Å². The van der Waals surface area contributed by atoms with Gasteiger partial charge in [0.15, 0.2) is 0 Å². The zero-order chi connectivity index (χ0) is 14.6. The summed E-state index contributed by atoms with van der Waals surface area (Å²) in [5.41, 5.74) is 0. The Labute approximate surface area is 123 Å². The molecule has 0 fully saturated rings. The largest absolute Gasteiger partial charge is 0.392 e. The summed E-state index contributed by atoms with van der Waals surface area (Å²) in [4.78, 5) is 0. The summed E-state index contributed by atoms with van der Waals surface area (Å²) in [6, 6.07) is 0. The number of rotatable bonds is 3. The number of allylic oxidation sites excluding steroid dienone is 1. The summed E-state index contributed by atoms with van der Waals surface area (Å²) in [6.45, 7) is 2.35. The molecule has 0 bridgehead atoms. The smallest absolute Gasteiger partial charge is 0.147 e. The summed E-state index contributed by atoms with van der Waals surface area (Å²) in [7, 11) is 1.64. The zero-order valence-electron chi connectivity index (χ0n) is 12.8. The van der Waals surface area contributed by atoms with Gasteiger partial charge in [0, 0.05) is 19.4 Å². The van der Waals surface area contributed by atoms with Crippen LogP contribution in [0.2, 0.25) is 0 Å². The van der Waals surface area contributed by atoms with E-state index in [0.29, 0.717) is 6.79 Å². The monoisotopic (exact) mass is 280 g/mol. The maximum Gasteiger partial charge on any atom is 0.147 e. The van der Waals surface area contributed by atoms with Crippen molar-refractivity contribution in [2.75, 3.05) is 13.9 Å². The second kappa shape index (κ2) is 10.9. The molecule has 0 aliphatic heterocycles. The van der Waals surface area contributed by atoms with Crippen molar-refractivity contribution in [3.05, 3.63) is 12.2 Å². The summed E-state index contributed by atoms with van der Waals surface area (Å²) in [5, 5.41) is 9.97. The summed E-state index contributed by atoms with van der Waals surface area (Å²) < 4.78 is 10.6. The van der Waals surface area contributed by atoms with Crippen LogP contribution in [-0.4, -0.2) is 31.2 Å². The highest BCUT2D eigenvalue weighted by Crippen LogP contribution is 2.13. The van der Waals surface area contributed by atoms with Crippen LogP contribution in [0, 0.1) is 17.8 Å². The van der Waals surface area contributed by atoms with Gasteiger partial charge in [-0.3, -0.25) is 0 Å². The quantitative estimate of drug-likeness (QED) is 0.490. The molecule has 3 unspecified atom stereocenters. The van der Waals surface area contributed by atoms with Crippen LogP contribution in [0.25, 0.3) is 0 Å². The van der Waals surface area contributed by atoms with E-state index in [1.54, 1.807) is 7.11 Å². The van der Waals surface area contributed by atoms with E-state index in [2.05, 4.69) is 24.0 Å². The van der Waals surface area contributed by atoms with E-state index in [4.69, 9.17) is 9.47 Å². The Morgan fingerprint density at radius 1 is 1.25 bits per heavy atom. The molecule has 0 aromatic rings. The molecule has 1 rings (SSSR count). The fraction of sp³-hybridized carbons (Fsp3) is 0.765. The summed E-state index contributed by atoms with van der Waals surface area (Å²) in [5.74, 6) is 6.41. The van der Waals surface area contributed by atoms with E-state index in [-0.39, 0.29) is 18.1 Å². The van der Waals surface area contributed by atoms with E-state index in [1.807, 2.05) is 6.92 Å². The van der Waals surface area contributed by atoms with Crippen molar-refractivity contribution in [3.8, 4) is 11.8 Å². The Bertz CT molecular complexity index is 327. The lowest BCUT2D eigenvalue weighted by molar-refractivity contribution is -0.0578. The van der Waals surface area contributed by atoms with Crippen molar-refractivity contribution in [3.63, 3.8) is 0 Å². The first kappa shape index (κ1) is 17.2. The maximum absolute atomic E-state index is 9.97. The van der Waals surface area contributed by atoms with Crippen LogP contribution < -0.4 is 0 Å². The lowest BCUT2D eigenvalue weighted by Crippen LogP contribution is -2.16. The van der Waals surface area contributed by atoms with Gasteiger partial charge in [-0.1, -0.05) is 24.5 Å². The standard InChI is InChI=1S/C17H28O3/c1-15-10-6-5-8-12-16(20-14-19-2)11-7-3-4-9-13-17(15)18/h7,11,15-18H,3-5,8-9,12-14H2,1-2H3/b11-7-. The van der Waals surface area contributed by atoms with Crippen LogP contribution in [0.3, 0.4) is 0 Å². The number of hydrogen-bond acceptors (Lipinski definition) is 3. The van der Waals surface area contributed by atoms with Gasteiger partial charge in [0.25, 0.3) is 0 Å². The molecule has 0 amide bonds. The van der Waals surface area contributed by atoms with Gasteiger partial charge >= 0.3 is 0 Å². The van der Waals surface area contributed by atoms with E-state index in [9.17, 15) is 5.11 Å². The van der Waals surface area contributed by atoms with Crippen molar-refractivity contribution < 1.29 is 14.6 Å². The Morgan fingerprint density at radius 2 is 2.10 bits per heavy atom. The normalized spacial score (nSPS) is 30.9. The van der Waals surface area contributed by atoms with Gasteiger partial charge in [0.1, 0.15) is 6.79 Å². The number of hydrogen-bond donors (Lipinski definition) is 1. The molecule has 0 spiro atoms. The van der Waals surface area contributed by atoms with E-state index < -0.39 is 0 Å². The minimum Gasteiger partial charge on any atom is -0.392 e. The highest BCUT2D eigenvalue weighted by Gasteiger charge is 2.11. The molecular weight excluding hydrogens is 252 g/mol. The van der Waals surface area contributed by atoms with Crippen LogP contribution in [0.4, 0.5) is 0 Å². The van der Waals surface area contributed by atoms with Crippen molar-refractivity contribution in [1.82, 2.24) is 0 Å². The average Bonchev–Trinajstić information content (AvgIpc) is 2.45. The van der Waals surface area contributed by atoms with Crippen molar-refractivity contribution in [2.24, 2.45) is 5.92 Å². The number of methoxy groups -OCH3 is 1. The zero-order valence-corrected chi connectivity index (χ0v) is 12.8. The Kier molecular flexibility index (Phi) is 9.40. The SMILES string of the molecule is COCOC1/C=C\CCCCC(O)C(C)C#CCCC1. The minimum absolute atomic E-state index is 0.0778. The van der Waals surface area contributed by atoms with Crippen molar-refractivity contribution in [1.29, 1.82) is 0 Å². The van der Waals surface area contributed by atoms with Gasteiger partial charge in [0.05, 0.1) is 12.2 Å². The Hall–Kier alpha value is -0.820. The third kappa shape index (κ3) is 7.69. The maximum atomic E-state index is 9.97. The first-order valence-electron chi connectivity index (χ1n) is 7.67. The topological polar surface area (TPSA) is 38.7 Å². The molecular formula is C17H28O3. The van der Waals surface area contributed by atoms with Gasteiger partial charge in [-0.15, -0.1) is 5.92 Å². The van der Waals surface area contributed by atoms with Crippen LogP contribution >= 0.6 is 0 Å². The molecule has 1 aliphatic rings. The molecule has 3 atom stereocenters. The third-order valence-electron chi connectivity index (χ3n) is 3.57. The predicted octanol–water partition coefficient (Wildman–Crippen LogP) is 3.28. The highest BCUT2D eigenvalue weighted by molar-refractivity contribution is 5.04. The Morgan fingerprint density at radius 3 is 2.90 bits per heavy atom. The van der Waals surface area contributed by atoms with Crippen LogP contribution in [0.1, 0.15) is 51.9 Å². The lowest BCUT2D eigenvalue weighted by atomic mass is 9.98. The molecule has 20 heavy (non-hydrogen) atoms. The van der Waals surface area contributed by atoms with Gasteiger partial charge in [-0.25, -0.2) is 0 Å². The van der Waals surface area contributed by atoms with Gasteiger partial charge in [-0.2, -0.15) is 0 Å². The van der Waals surface area contributed by atoms with Gasteiger partial charge in [0.2, 0.25) is 0 Å². The van der Waals surface area contributed by atoms with Crippen LogP contribution in [0.5, 0.6) is 0 Å². The predicted molar refractivity (Wildman–Crippen MR) is 81.2 cm³/mol. The van der Waals surface area contributed by atoms with Gasteiger partial charge < -0.3 is 14.6 Å². The van der Waals surface area contributed by atoms with E-state index in [1.165, 1.54) is 0 Å². The number of aliphatic hydroxyl groups is 1. The molecule has 0 heterocycles. The highest BCUT2D eigenvalue weighted by atomic mass is 16.7. The molecule has 0 aromatic carbocycles. The second-order valence-corrected chi connectivity index (χ2v) is 5.39. The third-order valence-corrected chi connectivity index (χ3v) is 3.57. The fourth-order valence-electron chi connectivity index (χ4n) is 2.23. The molecule has 0 saturated heterocycles. The molecule has 3 nitrogen and oxygen atoms in total. The van der Waals surface area contributed by atoms with Gasteiger partial charge in [-0.05, 0) is 39.0 Å². The fourth-order valence-corrected chi connectivity index (χ4v) is 2.23. The summed E-state index contributed by atoms with van der Waals surface area (Å²) in [6.07, 6.45) is 11.0. The second-order valence-electron chi connectivity index (χ2n) is 5.39. The van der Waals surface area contributed by atoms with Crippen molar-refractivity contribution in [2.45, 2.75) is 64.1 Å². The first-order chi connectivity index (χ1) is 9.74. The molecule has 0 aromatic heterocycles. The molecule has 0 radical (unpaired) electrons. The molecule has 1 N–H and O–H groups in total. The Balaban J connectivity index is 2.51. The minimum atomic E-state index is -0.285. The van der Waals surface area contributed by atoms with Crippen molar-refractivity contribution >= 4 is 0 Å². The average molecular weight is 280 g/mol. The van der Waals surface area contributed by atoms with E-state index >= 15 is 0 Å². The molecule has 114 valence electrons. The molecule has 3 heteroatoms. The van der Waals surface area contributed by atoms with Crippen LogP contribution in [0.15, 0.2) is 12.2 Å². The van der Waals surface area contributed by atoms with Crippen LogP contribution in [-0.2, 0) is 9.47 Å². The molecule has 0 saturated carbocycles. The lowest BCUT2D eigenvalue weighted by Gasteiger charge is -2.15. The summed E-state index contributed by atoms with van der Waals surface area (Å²) >= 11 is 0. The molecule has 1 aliphatic carbocycles. The number of ether oxygens (including phenoxy) is 2.